The average molecular weight is 189 g/mol. The highest BCUT2D eigenvalue weighted by Gasteiger charge is 2.05. The lowest BCUT2D eigenvalue weighted by atomic mass is 10.5. The van der Waals surface area contributed by atoms with E-state index in [-0.39, 0.29) is 6.67 Å². The van der Waals surface area contributed by atoms with Crippen molar-refractivity contribution in [2.75, 3.05) is 6.67 Å². The minimum Gasteiger partial charge on any atom is -0.334 e. The molecule has 0 aromatic heterocycles. The molecule has 0 heterocycles. The van der Waals surface area contributed by atoms with Gasteiger partial charge in [-0.25, -0.2) is 4.42 Å². The van der Waals surface area contributed by atoms with E-state index >= 15 is 0 Å². The third-order valence-corrected chi connectivity index (χ3v) is 1.28. The van der Waals surface area contributed by atoms with Gasteiger partial charge in [0.25, 0.3) is 5.91 Å². The lowest BCUT2D eigenvalue weighted by Crippen LogP contribution is -2.34. The van der Waals surface area contributed by atoms with E-state index in [9.17, 15) is 9.59 Å². The Morgan fingerprint density at radius 1 is 1.42 bits per heavy atom. The third kappa shape index (κ3) is 3.78. The zero-order valence-corrected chi connectivity index (χ0v) is 7.17. The van der Waals surface area contributed by atoms with Crippen LogP contribution >= 0.6 is 11.8 Å². The van der Waals surface area contributed by atoms with Gasteiger partial charge in [0.2, 0.25) is 5.91 Å². The van der Waals surface area contributed by atoms with Crippen molar-refractivity contribution >= 4 is 23.6 Å². The van der Waals surface area contributed by atoms with Gasteiger partial charge in [0.1, 0.15) is 6.67 Å². The van der Waals surface area contributed by atoms with Crippen LogP contribution in [0.1, 0.15) is 0 Å². The SMILES string of the molecule is C=CC(=O)NCN(Cl)C(=O)C=C. The number of amides is 2. The molecule has 0 aliphatic carbocycles. The Kier molecular flexibility index (Phi) is 4.79. The molecule has 0 unspecified atom stereocenters. The van der Waals surface area contributed by atoms with Crippen LogP contribution in [-0.2, 0) is 9.59 Å². The number of carbonyl (C=O) groups excluding carboxylic acids is 2. The number of hydrogen-bond donors (Lipinski definition) is 1. The summed E-state index contributed by atoms with van der Waals surface area (Å²) in [6.07, 6.45) is 2.14. The van der Waals surface area contributed by atoms with Gasteiger partial charge in [-0.15, -0.1) is 0 Å². The highest BCUT2D eigenvalue weighted by Crippen LogP contribution is 1.92. The van der Waals surface area contributed by atoms with Crippen LogP contribution in [0.4, 0.5) is 0 Å². The minimum absolute atomic E-state index is 0.0722. The first-order valence-electron chi connectivity index (χ1n) is 3.11. The Bertz CT molecular complexity index is 215. The maximum Gasteiger partial charge on any atom is 0.261 e. The summed E-state index contributed by atoms with van der Waals surface area (Å²) in [4.78, 5) is 21.3. The van der Waals surface area contributed by atoms with Crippen LogP contribution in [-0.4, -0.2) is 22.9 Å². The van der Waals surface area contributed by atoms with Gasteiger partial charge in [-0.3, -0.25) is 9.59 Å². The Hall–Kier alpha value is -1.29. The molecule has 0 fully saturated rings. The number of rotatable bonds is 4. The quantitative estimate of drug-likeness (QED) is 0.395. The zero-order chi connectivity index (χ0) is 9.56. The van der Waals surface area contributed by atoms with Crippen LogP contribution in [0.25, 0.3) is 0 Å². The first-order chi connectivity index (χ1) is 5.61. The van der Waals surface area contributed by atoms with Gasteiger partial charge >= 0.3 is 0 Å². The van der Waals surface area contributed by atoms with Gasteiger partial charge in [-0.05, 0) is 12.2 Å². The number of nitrogens with zero attached hydrogens (tertiary/aromatic N) is 1. The smallest absolute Gasteiger partial charge is 0.261 e. The first-order valence-corrected chi connectivity index (χ1v) is 3.45. The fraction of sp³-hybridized carbons (Fsp3) is 0.143. The predicted molar refractivity (Wildman–Crippen MR) is 46.1 cm³/mol. The highest BCUT2D eigenvalue weighted by molar-refractivity contribution is 6.22. The van der Waals surface area contributed by atoms with E-state index in [4.69, 9.17) is 11.8 Å². The van der Waals surface area contributed by atoms with Crippen molar-refractivity contribution in [1.82, 2.24) is 9.74 Å². The maximum atomic E-state index is 10.7. The van der Waals surface area contributed by atoms with Crippen LogP contribution in [0.5, 0.6) is 0 Å². The molecule has 5 heteroatoms. The summed E-state index contributed by atoms with van der Waals surface area (Å²) in [6, 6.07) is 0. The van der Waals surface area contributed by atoms with E-state index in [0.29, 0.717) is 0 Å². The van der Waals surface area contributed by atoms with Crippen LogP contribution in [0, 0.1) is 0 Å². The molecule has 0 atom stereocenters. The summed E-state index contributed by atoms with van der Waals surface area (Å²) in [5.41, 5.74) is 0. The Balaban J connectivity index is 3.78. The normalized spacial score (nSPS) is 8.42. The molecule has 0 aliphatic rings. The summed E-state index contributed by atoms with van der Waals surface area (Å²) in [5.74, 6) is -0.862. The summed E-state index contributed by atoms with van der Waals surface area (Å²) in [6.45, 7) is 6.37. The fourth-order valence-electron chi connectivity index (χ4n) is 0.396. The Morgan fingerprint density at radius 3 is 2.42 bits per heavy atom. The van der Waals surface area contributed by atoms with E-state index in [1.54, 1.807) is 0 Å². The highest BCUT2D eigenvalue weighted by atomic mass is 35.5. The number of nitrogens with one attached hydrogen (secondary N) is 1. The number of hydrogen-bond acceptors (Lipinski definition) is 2. The van der Waals surface area contributed by atoms with Crippen molar-refractivity contribution in [3.8, 4) is 0 Å². The second-order valence-corrected chi connectivity index (χ2v) is 2.22. The molecule has 2 amide bonds. The average Bonchev–Trinajstić information content (AvgIpc) is 2.11. The lowest BCUT2D eigenvalue weighted by molar-refractivity contribution is -0.122. The molecular formula is C7H9ClN2O2. The van der Waals surface area contributed by atoms with Crippen molar-refractivity contribution in [3.05, 3.63) is 25.3 Å². The molecule has 0 aliphatic heterocycles. The molecule has 0 saturated carbocycles. The monoisotopic (exact) mass is 188 g/mol. The maximum absolute atomic E-state index is 10.7. The lowest BCUT2D eigenvalue weighted by Gasteiger charge is -2.10. The molecule has 0 bridgehead atoms. The Morgan fingerprint density at radius 2 is 2.00 bits per heavy atom. The third-order valence-electron chi connectivity index (χ3n) is 0.991. The topological polar surface area (TPSA) is 49.4 Å². The Labute approximate surface area is 75.6 Å². The van der Waals surface area contributed by atoms with E-state index in [1.165, 1.54) is 0 Å². The van der Waals surface area contributed by atoms with Crippen LogP contribution in [0.15, 0.2) is 25.3 Å². The van der Waals surface area contributed by atoms with Gasteiger partial charge in [0.15, 0.2) is 0 Å². The van der Waals surface area contributed by atoms with E-state index in [1.807, 2.05) is 0 Å². The van der Waals surface area contributed by atoms with Gasteiger partial charge in [0.05, 0.1) is 0 Å². The molecule has 4 nitrogen and oxygen atoms in total. The summed E-state index contributed by atoms with van der Waals surface area (Å²) in [5, 5.41) is 2.32. The van der Waals surface area contributed by atoms with Crippen molar-refractivity contribution in [3.63, 3.8) is 0 Å². The molecule has 0 aromatic carbocycles. The molecule has 0 aromatic rings. The van der Waals surface area contributed by atoms with Crippen molar-refractivity contribution in [2.24, 2.45) is 0 Å². The molecule has 0 saturated heterocycles. The van der Waals surface area contributed by atoms with Crippen molar-refractivity contribution in [2.45, 2.75) is 0 Å². The van der Waals surface area contributed by atoms with Crippen LogP contribution in [0.2, 0.25) is 0 Å². The minimum atomic E-state index is -0.471. The number of carbonyl (C=O) groups is 2. The van der Waals surface area contributed by atoms with E-state index in [0.717, 1.165) is 16.6 Å². The number of halogens is 1. The zero-order valence-electron chi connectivity index (χ0n) is 6.42. The standard InChI is InChI=1S/C7H9ClN2O2/c1-3-6(11)9-5-10(8)7(12)4-2/h3-4H,1-2,5H2,(H,9,11). The molecule has 0 spiro atoms. The van der Waals surface area contributed by atoms with E-state index in [2.05, 4.69) is 18.5 Å². The second kappa shape index (κ2) is 5.37. The van der Waals surface area contributed by atoms with Gasteiger partial charge in [0, 0.05) is 11.8 Å². The van der Waals surface area contributed by atoms with Crippen LogP contribution < -0.4 is 5.32 Å². The largest absolute Gasteiger partial charge is 0.334 e. The van der Waals surface area contributed by atoms with Gasteiger partial charge < -0.3 is 5.32 Å². The summed E-state index contributed by atoms with van der Waals surface area (Å²) in [7, 11) is 0. The van der Waals surface area contributed by atoms with Gasteiger partial charge in [-0.2, -0.15) is 0 Å². The molecule has 0 rings (SSSR count). The second-order valence-electron chi connectivity index (χ2n) is 1.81. The fourth-order valence-corrected chi connectivity index (χ4v) is 0.525. The van der Waals surface area contributed by atoms with Gasteiger partial charge in [-0.1, -0.05) is 13.2 Å². The molecule has 1 N–H and O–H groups in total. The summed E-state index contributed by atoms with van der Waals surface area (Å²) < 4.78 is 0.800. The van der Waals surface area contributed by atoms with Crippen LogP contribution in [0.3, 0.4) is 0 Å². The first kappa shape index (κ1) is 10.7. The predicted octanol–water partition coefficient (Wildman–Crippen LogP) is 0.414. The molecular weight excluding hydrogens is 180 g/mol. The summed E-state index contributed by atoms with van der Waals surface area (Å²) >= 11 is 5.40. The van der Waals surface area contributed by atoms with Crippen molar-refractivity contribution in [1.29, 1.82) is 0 Å². The van der Waals surface area contributed by atoms with E-state index < -0.39 is 11.8 Å². The molecule has 66 valence electrons. The van der Waals surface area contributed by atoms with Crippen molar-refractivity contribution < 1.29 is 9.59 Å². The molecule has 12 heavy (non-hydrogen) atoms. The molecule has 0 radical (unpaired) electrons.